The maximum atomic E-state index is 10.9. The first kappa shape index (κ1) is 9.98. The standard InChI is InChI=1S/C11H14N2O2/c1-8(15)12-10-3-2-9-4-5-13(7-14)11(9)6-10/h2-3,6,14H,4-5,7H2,1H3,(H,12,15). The van der Waals surface area contributed by atoms with E-state index in [0.717, 1.165) is 24.3 Å². The largest absolute Gasteiger partial charge is 0.376 e. The van der Waals surface area contributed by atoms with Gasteiger partial charge in [-0.3, -0.25) is 4.79 Å². The molecule has 4 nitrogen and oxygen atoms in total. The van der Waals surface area contributed by atoms with Gasteiger partial charge in [-0.05, 0) is 24.1 Å². The van der Waals surface area contributed by atoms with E-state index in [2.05, 4.69) is 5.32 Å². The van der Waals surface area contributed by atoms with Gasteiger partial charge in [0.1, 0.15) is 6.73 Å². The Hall–Kier alpha value is -1.55. The van der Waals surface area contributed by atoms with Crippen LogP contribution >= 0.6 is 0 Å². The zero-order valence-electron chi connectivity index (χ0n) is 8.66. The van der Waals surface area contributed by atoms with Gasteiger partial charge in [-0.15, -0.1) is 0 Å². The van der Waals surface area contributed by atoms with Crippen LogP contribution in [0, 0.1) is 0 Å². The maximum absolute atomic E-state index is 10.9. The highest BCUT2D eigenvalue weighted by molar-refractivity contribution is 5.89. The Morgan fingerprint density at radius 3 is 3.07 bits per heavy atom. The Morgan fingerprint density at radius 2 is 2.40 bits per heavy atom. The van der Waals surface area contributed by atoms with Gasteiger partial charge in [0.2, 0.25) is 5.91 Å². The van der Waals surface area contributed by atoms with Crippen molar-refractivity contribution in [2.75, 3.05) is 23.5 Å². The van der Waals surface area contributed by atoms with Crippen LogP contribution < -0.4 is 10.2 Å². The highest BCUT2D eigenvalue weighted by Crippen LogP contribution is 2.30. The molecular weight excluding hydrogens is 192 g/mol. The summed E-state index contributed by atoms with van der Waals surface area (Å²) in [6.07, 6.45) is 0.955. The topological polar surface area (TPSA) is 52.6 Å². The molecule has 1 amide bonds. The van der Waals surface area contributed by atoms with Crippen molar-refractivity contribution in [3.05, 3.63) is 23.8 Å². The van der Waals surface area contributed by atoms with Crippen LogP contribution in [0.5, 0.6) is 0 Å². The number of anilines is 2. The second kappa shape index (κ2) is 3.90. The van der Waals surface area contributed by atoms with Gasteiger partial charge in [-0.2, -0.15) is 0 Å². The molecule has 1 heterocycles. The zero-order valence-corrected chi connectivity index (χ0v) is 8.66. The van der Waals surface area contributed by atoms with Gasteiger partial charge in [0.15, 0.2) is 0 Å². The number of hydrogen-bond donors (Lipinski definition) is 2. The quantitative estimate of drug-likeness (QED) is 0.757. The van der Waals surface area contributed by atoms with Crippen LogP contribution in [0.2, 0.25) is 0 Å². The fourth-order valence-electron chi connectivity index (χ4n) is 1.87. The molecule has 0 spiro atoms. The summed E-state index contributed by atoms with van der Waals surface area (Å²) in [5.41, 5.74) is 3.02. The van der Waals surface area contributed by atoms with Crippen LogP contribution in [0.25, 0.3) is 0 Å². The van der Waals surface area contributed by atoms with Crippen LogP contribution in [0.15, 0.2) is 18.2 Å². The van der Waals surface area contributed by atoms with E-state index in [0.29, 0.717) is 0 Å². The van der Waals surface area contributed by atoms with Crippen molar-refractivity contribution in [2.45, 2.75) is 13.3 Å². The highest BCUT2D eigenvalue weighted by Gasteiger charge is 2.18. The average Bonchev–Trinajstić information content (AvgIpc) is 2.59. The van der Waals surface area contributed by atoms with E-state index in [4.69, 9.17) is 5.11 Å². The second-order valence-corrected chi connectivity index (χ2v) is 3.68. The monoisotopic (exact) mass is 206 g/mol. The number of hydrogen-bond acceptors (Lipinski definition) is 3. The van der Waals surface area contributed by atoms with Gasteiger partial charge in [-0.1, -0.05) is 6.07 Å². The minimum Gasteiger partial charge on any atom is -0.376 e. The molecule has 1 aliphatic rings. The van der Waals surface area contributed by atoms with Crippen molar-refractivity contribution >= 4 is 17.3 Å². The number of aliphatic hydroxyl groups is 1. The summed E-state index contributed by atoms with van der Waals surface area (Å²) in [6, 6.07) is 5.79. The molecule has 1 aromatic carbocycles. The third-order valence-electron chi connectivity index (χ3n) is 2.57. The smallest absolute Gasteiger partial charge is 0.221 e. The van der Waals surface area contributed by atoms with E-state index >= 15 is 0 Å². The molecule has 2 rings (SSSR count). The predicted molar refractivity (Wildman–Crippen MR) is 58.9 cm³/mol. The normalized spacial score (nSPS) is 13.9. The Labute approximate surface area is 88.5 Å². The second-order valence-electron chi connectivity index (χ2n) is 3.68. The maximum Gasteiger partial charge on any atom is 0.221 e. The van der Waals surface area contributed by atoms with Crippen LogP contribution in [0.1, 0.15) is 12.5 Å². The van der Waals surface area contributed by atoms with Crippen LogP contribution in [-0.4, -0.2) is 24.3 Å². The van der Waals surface area contributed by atoms with E-state index < -0.39 is 0 Å². The van der Waals surface area contributed by atoms with Crippen LogP contribution in [0.3, 0.4) is 0 Å². The van der Waals surface area contributed by atoms with Crippen molar-refractivity contribution in [2.24, 2.45) is 0 Å². The molecular formula is C11H14N2O2. The number of carbonyl (C=O) groups is 1. The van der Waals surface area contributed by atoms with Gasteiger partial charge >= 0.3 is 0 Å². The lowest BCUT2D eigenvalue weighted by Gasteiger charge is -2.16. The van der Waals surface area contributed by atoms with Gasteiger partial charge in [0, 0.05) is 24.8 Å². The van der Waals surface area contributed by atoms with E-state index in [1.165, 1.54) is 12.5 Å². The number of amides is 1. The molecule has 0 saturated heterocycles. The summed E-state index contributed by atoms with van der Waals surface area (Å²) in [5.74, 6) is -0.0801. The minimum atomic E-state index is -0.0801. The number of nitrogens with one attached hydrogen (secondary N) is 1. The molecule has 0 unspecified atom stereocenters. The third-order valence-corrected chi connectivity index (χ3v) is 2.57. The molecule has 4 heteroatoms. The number of aliphatic hydroxyl groups excluding tert-OH is 1. The summed E-state index contributed by atoms with van der Waals surface area (Å²) >= 11 is 0. The lowest BCUT2D eigenvalue weighted by Crippen LogP contribution is -2.21. The van der Waals surface area contributed by atoms with E-state index in [-0.39, 0.29) is 12.6 Å². The van der Waals surface area contributed by atoms with Crippen LogP contribution in [0.4, 0.5) is 11.4 Å². The molecule has 0 bridgehead atoms. The highest BCUT2D eigenvalue weighted by atomic mass is 16.3. The van der Waals surface area contributed by atoms with Crippen molar-refractivity contribution in [3.63, 3.8) is 0 Å². The molecule has 0 aromatic heterocycles. The number of fused-ring (bicyclic) bond motifs is 1. The lowest BCUT2D eigenvalue weighted by molar-refractivity contribution is -0.114. The number of carbonyl (C=O) groups excluding carboxylic acids is 1. The third kappa shape index (κ3) is 1.94. The fraction of sp³-hybridized carbons (Fsp3) is 0.364. The van der Waals surface area contributed by atoms with Gasteiger partial charge in [-0.25, -0.2) is 0 Å². The molecule has 0 atom stereocenters. The fourth-order valence-corrected chi connectivity index (χ4v) is 1.87. The molecule has 15 heavy (non-hydrogen) atoms. The van der Waals surface area contributed by atoms with Crippen molar-refractivity contribution < 1.29 is 9.90 Å². The average molecular weight is 206 g/mol. The van der Waals surface area contributed by atoms with Crippen molar-refractivity contribution in [1.82, 2.24) is 0 Å². The zero-order chi connectivity index (χ0) is 10.8. The van der Waals surface area contributed by atoms with Crippen molar-refractivity contribution in [1.29, 1.82) is 0 Å². The van der Waals surface area contributed by atoms with Gasteiger partial charge < -0.3 is 15.3 Å². The SMILES string of the molecule is CC(=O)Nc1ccc2c(c1)N(CO)CC2. The van der Waals surface area contributed by atoms with Gasteiger partial charge in [0.05, 0.1) is 0 Å². The number of nitrogens with zero attached hydrogens (tertiary/aromatic N) is 1. The van der Waals surface area contributed by atoms with E-state index in [1.807, 2.05) is 23.1 Å². The molecule has 0 radical (unpaired) electrons. The number of rotatable bonds is 2. The molecule has 1 aromatic rings. The molecule has 0 saturated carbocycles. The molecule has 0 aliphatic carbocycles. The molecule has 1 aliphatic heterocycles. The Bertz CT molecular complexity index is 390. The summed E-state index contributed by atoms with van der Waals surface area (Å²) in [5, 5.41) is 11.9. The first-order chi connectivity index (χ1) is 7.20. The first-order valence-corrected chi connectivity index (χ1v) is 4.97. The van der Waals surface area contributed by atoms with Gasteiger partial charge in [0.25, 0.3) is 0 Å². The molecule has 0 fully saturated rings. The lowest BCUT2D eigenvalue weighted by atomic mass is 10.1. The summed E-state index contributed by atoms with van der Waals surface area (Å²) in [4.78, 5) is 12.8. The Balaban J connectivity index is 2.28. The Kier molecular flexibility index (Phi) is 2.60. The van der Waals surface area contributed by atoms with E-state index in [1.54, 1.807) is 0 Å². The number of benzene rings is 1. The Morgan fingerprint density at radius 1 is 1.60 bits per heavy atom. The summed E-state index contributed by atoms with van der Waals surface area (Å²) in [6.45, 7) is 2.35. The minimum absolute atomic E-state index is 0.0243. The molecule has 2 N–H and O–H groups in total. The predicted octanol–water partition coefficient (Wildman–Crippen LogP) is 0.957. The molecule has 80 valence electrons. The first-order valence-electron chi connectivity index (χ1n) is 4.97. The summed E-state index contributed by atoms with van der Waals surface area (Å²) < 4.78 is 0. The van der Waals surface area contributed by atoms with Crippen LogP contribution in [-0.2, 0) is 11.2 Å². The summed E-state index contributed by atoms with van der Waals surface area (Å²) in [7, 11) is 0. The van der Waals surface area contributed by atoms with Crippen molar-refractivity contribution in [3.8, 4) is 0 Å². The van der Waals surface area contributed by atoms with E-state index in [9.17, 15) is 4.79 Å².